The maximum atomic E-state index is 11.2. The van der Waals surface area contributed by atoms with Gasteiger partial charge in [-0.1, -0.05) is 20.8 Å². The van der Waals surface area contributed by atoms with Crippen LogP contribution in [0.2, 0.25) is 0 Å². The summed E-state index contributed by atoms with van der Waals surface area (Å²) in [7, 11) is 0. The molecular weight excluding hydrogens is 232 g/mol. The molecule has 104 valence electrons. The van der Waals surface area contributed by atoms with Crippen molar-refractivity contribution < 1.29 is 14.6 Å². The molecule has 0 aromatic carbocycles. The Morgan fingerprint density at radius 3 is 2.72 bits per heavy atom. The van der Waals surface area contributed by atoms with E-state index in [9.17, 15) is 9.90 Å². The molecule has 0 aromatic rings. The fourth-order valence-electron chi connectivity index (χ4n) is 3.28. The SMILES string of the molecule is CC(C)(C)C1CN(C(=O)O)CCC12CNCCO2. The van der Waals surface area contributed by atoms with Crippen LogP contribution in [-0.4, -0.2) is 54.5 Å². The second-order valence-corrected chi connectivity index (χ2v) is 6.49. The molecule has 2 saturated heterocycles. The number of hydrogen-bond donors (Lipinski definition) is 2. The van der Waals surface area contributed by atoms with Crippen LogP contribution in [0.15, 0.2) is 0 Å². The van der Waals surface area contributed by atoms with Gasteiger partial charge in [-0.25, -0.2) is 4.79 Å². The maximum absolute atomic E-state index is 11.2. The monoisotopic (exact) mass is 256 g/mol. The predicted molar refractivity (Wildman–Crippen MR) is 68.7 cm³/mol. The molecule has 1 amide bonds. The van der Waals surface area contributed by atoms with Crippen LogP contribution in [0.25, 0.3) is 0 Å². The summed E-state index contributed by atoms with van der Waals surface area (Å²) in [4.78, 5) is 12.7. The lowest BCUT2D eigenvalue weighted by atomic mass is 9.66. The van der Waals surface area contributed by atoms with Gasteiger partial charge in [0.1, 0.15) is 0 Å². The largest absolute Gasteiger partial charge is 0.465 e. The molecule has 1 spiro atoms. The molecule has 2 N–H and O–H groups in total. The molecule has 0 bridgehead atoms. The van der Waals surface area contributed by atoms with E-state index in [-0.39, 0.29) is 16.9 Å². The van der Waals surface area contributed by atoms with Gasteiger partial charge in [0.15, 0.2) is 0 Å². The zero-order chi connectivity index (χ0) is 13.4. The first kappa shape index (κ1) is 13.6. The highest BCUT2D eigenvalue weighted by Crippen LogP contribution is 2.42. The van der Waals surface area contributed by atoms with Gasteiger partial charge in [0.2, 0.25) is 0 Å². The molecule has 0 aliphatic carbocycles. The summed E-state index contributed by atoms with van der Waals surface area (Å²) in [5, 5.41) is 12.6. The lowest BCUT2D eigenvalue weighted by Crippen LogP contribution is -2.64. The van der Waals surface area contributed by atoms with Gasteiger partial charge >= 0.3 is 6.09 Å². The first-order valence-corrected chi connectivity index (χ1v) is 6.68. The van der Waals surface area contributed by atoms with Crippen molar-refractivity contribution in [2.45, 2.75) is 32.8 Å². The van der Waals surface area contributed by atoms with Crippen LogP contribution in [0, 0.1) is 11.3 Å². The second-order valence-electron chi connectivity index (χ2n) is 6.49. The van der Waals surface area contributed by atoms with Crippen LogP contribution in [0.1, 0.15) is 27.2 Å². The number of amides is 1. The molecule has 2 atom stereocenters. The van der Waals surface area contributed by atoms with Gasteiger partial charge in [-0.05, 0) is 11.8 Å². The predicted octanol–water partition coefficient (Wildman–Crippen LogP) is 1.39. The summed E-state index contributed by atoms with van der Waals surface area (Å²) in [5.74, 6) is 0.225. The van der Waals surface area contributed by atoms with Crippen molar-refractivity contribution in [3.8, 4) is 0 Å². The molecule has 5 heteroatoms. The minimum absolute atomic E-state index is 0.0349. The number of piperidine rings is 1. The van der Waals surface area contributed by atoms with Crippen LogP contribution >= 0.6 is 0 Å². The van der Waals surface area contributed by atoms with E-state index in [4.69, 9.17) is 4.74 Å². The van der Waals surface area contributed by atoms with Gasteiger partial charge < -0.3 is 20.1 Å². The van der Waals surface area contributed by atoms with Crippen molar-refractivity contribution >= 4 is 6.09 Å². The van der Waals surface area contributed by atoms with Crippen molar-refractivity contribution in [1.82, 2.24) is 10.2 Å². The average Bonchev–Trinajstić information content (AvgIpc) is 2.28. The number of nitrogens with zero attached hydrogens (tertiary/aromatic N) is 1. The first-order chi connectivity index (χ1) is 8.35. The smallest absolute Gasteiger partial charge is 0.407 e. The number of likely N-dealkylation sites (tertiary alicyclic amines) is 1. The first-order valence-electron chi connectivity index (χ1n) is 6.68. The summed E-state index contributed by atoms with van der Waals surface area (Å²) in [5.41, 5.74) is -0.157. The Morgan fingerprint density at radius 2 is 2.22 bits per heavy atom. The Hall–Kier alpha value is -0.810. The van der Waals surface area contributed by atoms with Crippen LogP contribution in [0.5, 0.6) is 0 Å². The summed E-state index contributed by atoms with van der Waals surface area (Å²) >= 11 is 0. The van der Waals surface area contributed by atoms with E-state index in [1.54, 1.807) is 0 Å². The van der Waals surface area contributed by atoms with Crippen molar-refractivity contribution in [1.29, 1.82) is 0 Å². The van der Waals surface area contributed by atoms with Crippen LogP contribution in [-0.2, 0) is 4.74 Å². The molecule has 2 fully saturated rings. The Labute approximate surface area is 108 Å². The molecule has 2 unspecified atom stereocenters. The Bertz CT molecular complexity index is 319. The topological polar surface area (TPSA) is 61.8 Å². The third-order valence-corrected chi connectivity index (χ3v) is 4.25. The van der Waals surface area contributed by atoms with E-state index in [1.807, 2.05) is 0 Å². The minimum atomic E-state index is -0.817. The van der Waals surface area contributed by atoms with E-state index in [0.717, 1.165) is 26.1 Å². The number of morpholine rings is 1. The zero-order valence-corrected chi connectivity index (χ0v) is 11.5. The van der Waals surface area contributed by atoms with Gasteiger partial charge in [0.05, 0.1) is 12.2 Å². The van der Waals surface area contributed by atoms with Crippen molar-refractivity contribution in [2.24, 2.45) is 11.3 Å². The van der Waals surface area contributed by atoms with Crippen molar-refractivity contribution in [2.75, 3.05) is 32.8 Å². The molecule has 0 saturated carbocycles. The third kappa shape index (κ3) is 2.47. The summed E-state index contributed by atoms with van der Waals surface area (Å²) in [6, 6.07) is 0. The maximum Gasteiger partial charge on any atom is 0.407 e. The van der Waals surface area contributed by atoms with E-state index in [0.29, 0.717) is 13.1 Å². The lowest BCUT2D eigenvalue weighted by molar-refractivity contribution is -0.159. The summed E-state index contributed by atoms with van der Waals surface area (Å²) < 4.78 is 6.09. The van der Waals surface area contributed by atoms with Crippen molar-refractivity contribution in [3.05, 3.63) is 0 Å². The van der Waals surface area contributed by atoms with E-state index in [1.165, 1.54) is 4.90 Å². The Balaban J connectivity index is 2.21. The normalized spacial score (nSPS) is 33.7. The van der Waals surface area contributed by atoms with Gasteiger partial charge in [-0.2, -0.15) is 0 Å². The second kappa shape index (κ2) is 4.70. The fraction of sp³-hybridized carbons (Fsp3) is 0.923. The number of nitrogens with one attached hydrogen (secondary N) is 1. The minimum Gasteiger partial charge on any atom is -0.465 e. The molecule has 0 aromatic heterocycles. The number of rotatable bonds is 0. The molecule has 2 aliphatic heterocycles. The standard InChI is InChI=1S/C13H24N2O3/c1-12(2,3)10-8-15(11(16)17)6-4-13(10)9-14-5-7-18-13/h10,14H,4-9H2,1-3H3,(H,16,17). The quantitative estimate of drug-likeness (QED) is 0.687. The summed E-state index contributed by atoms with van der Waals surface area (Å²) in [6.07, 6.45) is -0.0308. The molecule has 18 heavy (non-hydrogen) atoms. The van der Waals surface area contributed by atoms with Crippen LogP contribution in [0.4, 0.5) is 4.79 Å². The Morgan fingerprint density at radius 1 is 1.50 bits per heavy atom. The van der Waals surface area contributed by atoms with Gasteiger partial charge in [0.25, 0.3) is 0 Å². The summed E-state index contributed by atoms with van der Waals surface area (Å²) in [6.45, 7) is 10.1. The van der Waals surface area contributed by atoms with Gasteiger partial charge in [0, 0.05) is 32.1 Å². The highest BCUT2D eigenvalue weighted by Gasteiger charge is 2.50. The van der Waals surface area contributed by atoms with E-state index < -0.39 is 6.09 Å². The number of carboxylic acid groups (broad SMARTS) is 1. The molecule has 2 aliphatic rings. The highest BCUT2D eigenvalue weighted by atomic mass is 16.5. The molecule has 5 nitrogen and oxygen atoms in total. The number of ether oxygens (including phenoxy) is 1. The Kier molecular flexibility index (Phi) is 3.56. The average molecular weight is 256 g/mol. The fourth-order valence-corrected chi connectivity index (χ4v) is 3.28. The van der Waals surface area contributed by atoms with Crippen LogP contribution in [0.3, 0.4) is 0 Å². The molecule has 0 radical (unpaired) electrons. The van der Waals surface area contributed by atoms with Crippen molar-refractivity contribution in [3.63, 3.8) is 0 Å². The lowest BCUT2D eigenvalue weighted by Gasteiger charge is -2.53. The molecule has 2 heterocycles. The number of hydrogen-bond acceptors (Lipinski definition) is 3. The number of carbonyl (C=O) groups is 1. The molecule has 2 rings (SSSR count). The highest BCUT2D eigenvalue weighted by molar-refractivity contribution is 5.65. The van der Waals surface area contributed by atoms with E-state index in [2.05, 4.69) is 26.1 Å². The third-order valence-electron chi connectivity index (χ3n) is 4.25. The van der Waals surface area contributed by atoms with Crippen LogP contribution < -0.4 is 5.32 Å². The van der Waals surface area contributed by atoms with Gasteiger partial charge in [-0.15, -0.1) is 0 Å². The van der Waals surface area contributed by atoms with Gasteiger partial charge in [-0.3, -0.25) is 0 Å². The van der Waals surface area contributed by atoms with E-state index >= 15 is 0 Å². The molecular formula is C13H24N2O3. The zero-order valence-electron chi connectivity index (χ0n) is 11.5.